The van der Waals surface area contributed by atoms with Gasteiger partial charge in [-0.25, -0.2) is 13.8 Å². The summed E-state index contributed by atoms with van der Waals surface area (Å²) in [5.74, 6) is -0.687. The minimum atomic E-state index is -0.838. The molecule has 1 fully saturated rings. The van der Waals surface area contributed by atoms with Crippen LogP contribution in [0.2, 0.25) is 5.02 Å². The predicted octanol–water partition coefficient (Wildman–Crippen LogP) is 4.98. The fourth-order valence-electron chi connectivity index (χ4n) is 3.65. The maximum atomic E-state index is 13.7. The molecule has 4 rings (SSSR count). The Hall–Kier alpha value is -2.93. The van der Waals surface area contributed by atoms with Crippen molar-refractivity contribution in [1.82, 2.24) is 9.88 Å². The average molecular weight is 447 g/mol. The number of amides is 1. The first-order valence-corrected chi connectivity index (χ1v) is 10.4. The molecule has 1 saturated heterocycles. The van der Waals surface area contributed by atoms with E-state index in [2.05, 4.69) is 4.98 Å². The first-order chi connectivity index (χ1) is 15.0. The Balaban J connectivity index is 1.35. The summed E-state index contributed by atoms with van der Waals surface area (Å²) in [7, 11) is 0. The number of carbonyl (C=O) groups excluding carboxylic acids is 1. The standard InChI is InChI=1S/C23H21ClF2N2O3/c24-19-6-2-1-4-15(19)10-18-12-27-23(31-18)16-5-3-9-28(13-16)22(29)14-30-21-8-7-17(25)11-20(21)26/h1-2,4,6-8,11-12,16H,3,5,9-10,13-14H2. The van der Waals surface area contributed by atoms with E-state index in [0.717, 1.165) is 30.5 Å². The largest absolute Gasteiger partial charge is 0.481 e. The van der Waals surface area contributed by atoms with Crippen LogP contribution in [0.4, 0.5) is 8.78 Å². The molecule has 1 aliphatic rings. The maximum absolute atomic E-state index is 13.7. The van der Waals surface area contributed by atoms with Crippen LogP contribution in [0.1, 0.15) is 36.0 Å². The number of halogens is 3. The van der Waals surface area contributed by atoms with Gasteiger partial charge >= 0.3 is 0 Å². The highest BCUT2D eigenvalue weighted by Crippen LogP contribution is 2.28. The summed E-state index contributed by atoms with van der Waals surface area (Å²) in [6.07, 6.45) is 3.88. The molecule has 3 aromatic rings. The van der Waals surface area contributed by atoms with Gasteiger partial charge in [0.2, 0.25) is 0 Å². The molecular weight excluding hydrogens is 426 g/mol. The molecule has 1 atom stereocenters. The van der Waals surface area contributed by atoms with Crippen molar-refractivity contribution in [2.24, 2.45) is 0 Å². The second-order valence-electron chi connectivity index (χ2n) is 7.48. The summed E-state index contributed by atoms with van der Waals surface area (Å²) < 4.78 is 37.9. The van der Waals surface area contributed by atoms with Crippen LogP contribution in [0.5, 0.6) is 5.75 Å². The molecule has 0 radical (unpaired) electrons. The van der Waals surface area contributed by atoms with E-state index >= 15 is 0 Å². The fourth-order valence-corrected chi connectivity index (χ4v) is 3.85. The van der Waals surface area contributed by atoms with Crippen molar-refractivity contribution in [2.75, 3.05) is 19.7 Å². The molecule has 0 spiro atoms. The molecule has 1 aliphatic heterocycles. The normalized spacial score (nSPS) is 16.4. The van der Waals surface area contributed by atoms with Gasteiger partial charge in [-0.1, -0.05) is 29.8 Å². The molecule has 0 bridgehead atoms. The molecule has 1 aromatic heterocycles. The summed E-state index contributed by atoms with van der Waals surface area (Å²) in [6.45, 7) is 0.705. The Kier molecular flexibility index (Phi) is 6.51. The molecule has 31 heavy (non-hydrogen) atoms. The van der Waals surface area contributed by atoms with Crippen LogP contribution in [0.3, 0.4) is 0 Å². The van der Waals surface area contributed by atoms with Crippen molar-refractivity contribution in [3.8, 4) is 5.75 Å². The lowest BCUT2D eigenvalue weighted by molar-refractivity contribution is -0.134. The molecule has 2 aromatic carbocycles. The second kappa shape index (κ2) is 9.47. The van der Waals surface area contributed by atoms with E-state index in [1.54, 1.807) is 11.1 Å². The van der Waals surface area contributed by atoms with Gasteiger partial charge in [-0.05, 0) is 36.6 Å². The zero-order valence-electron chi connectivity index (χ0n) is 16.7. The van der Waals surface area contributed by atoms with Crippen LogP contribution < -0.4 is 4.74 Å². The van der Waals surface area contributed by atoms with Crippen LogP contribution in [0, 0.1) is 11.6 Å². The molecular formula is C23H21ClF2N2O3. The summed E-state index contributed by atoms with van der Waals surface area (Å²) in [5, 5.41) is 0.674. The van der Waals surface area contributed by atoms with E-state index in [1.165, 1.54) is 6.07 Å². The van der Waals surface area contributed by atoms with Crippen molar-refractivity contribution < 1.29 is 22.7 Å². The van der Waals surface area contributed by atoms with E-state index in [0.29, 0.717) is 36.2 Å². The zero-order chi connectivity index (χ0) is 21.8. The SMILES string of the molecule is O=C(COc1ccc(F)cc1F)N1CCCC(c2ncc(Cc3ccccc3Cl)o2)C1. The molecule has 0 aliphatic carbocycles. The molecule has 162 valence electrons. The summed E-state index contributed by atoms with van der Waals surface area (Å²) in [4.78, 5) is 18.6. The molecule has 1 unspecified atom stereocenters. The van der Waals surface area contributed by atoms with Crippen LogP contribution in [-0.2, 0) is 11.2 Å². The van der Waals surface area contributed by atoms with Crippen LogP contribution >= 0.6 is 11.6 Å². The lowest BCUT2D eigenvalue weighted by Gasteiger charge is -2.31. The molecule has 0 saturated carbocycles. The lowest BCUT2D eigenvalue weighted by atomic mass is 9.98. The topological polar surface area (TPSA) is 55.6 Å². The minimum Gasteiger partial charge on any atom is -0.481 e. The van der Waals surface area contributed by atoms with Crippen molar-refractivity contribution in [3.05, 3.63) is 82.5 Å². The highest BCUT2D eigenvalue weighted by molar-refractivity contribution is 6.31. The number of rotatable bonds is 6. The van der Waals surface area contributed by atoms with Crippen LogP contribution in [0.15, 0.2) is 53.1 Å². The summed E-state index contributed by atoms with van der Waals surface area (Å²) >= 11 is 6.21. The van der Waals surface area contributed by atoms with Crippen LogP contribution in [-0.4, -0.2) is 35.5 Å². The van der Waals surface area contributed by atoms with Crippen LogP contribution in [0.25, 0.3) is 0 Å². The minimum absolute atomic E-state index is 0.0275. The van der Waals surface area contributed by atoms with Gasteiger partial charge in [0, 0.05) is 30.6 Å². The van der Waals surface area contributed by atoms with Gasteiger partial charge in [-0.3, -0.25) is 4.79 Å². The van der Waals surface area contributed by atoms with E-state index in [1.807, 2.05) is 24.3 Å². The van der Waals surface area contributed by atoms with E-state index in [-0.39, 0.29) is 24.2 Å². The number of nitrogens with zero attached hydrogens (tertiary/aromatic N) is 2. The highest BCUT2D eigenvalue weighted by Gasteiger charge is 2.28. The number of likely N-dealkylation sites (tertiary alicyclic amines) is 1. The molecule has 8 heteroatoms. The summed E-state index contributed by atoms with van der Waals surface area (Å²) in [6, 6.07) is 10.5. The van der Waals surface area contributed by atoms with Crippen molar-refractivity contribution >= 4 is 17.5 Å². The third-order valence-corrected chi connectivity index (χ3v) is 5.63. The number of carbonyl (C=O) groups is 1. The Morgan fingerprint density at radius 1 is 1.26 bits per heavy atom. The number of hydrogen-bond acceptors (Lipinski definition) is 4. The zero-order valence-corrected chi connectivity index (χ0v) is 17.4. The number of hydrogen-bond donors (Lipinski definition) is 0. The van der Waals surface area contributed by atoms with Crippen molar-refractivity contribution in [3.63, 3.8) is 0 Å². The molecule has 0 N–H and O–H groups in total. The molecule has 5 nitrogen and oxygen atoms in total. The fraction of sp³-hybridized carbons (Fsp3) is 0.304. The van der Waals surface area contributed by atoms with Crippen molar-refractivity contribution in [2.45, 2.75) is 25.2 Å². The van der Waals surface area contributed by atoms with Gasteiger partial charge in [0.1, 0.15) is 11.6 Å². The van der Waals surface area contributed by atoms with E-state index in [4.69, 9.17) is 20.8 Å². The first-order valence-electron chi connectivity index (χ1n) is 10.0. The number of piperidine rings is 1. The Bertz CT molecular complexity index is 1070. The third-order valence-electron chi connectivity index (χ3n) is 5.26. The van der Waals surface area contributed by atoms with Crippen molar-refractivity contribution in [1.29, 1.82) is 0 Å². The van der Waals surface area contributed by atoms with E-state index in [9.17, 15) is 13.6 Å². The first kappa shape index (κ1) is 21.3. The van der Waals surface area contributed by atoms with Gasteiger partial charge in [0.25, 0.3) is 5.91 Å². The van der Waals surface area contributed by atoms with Gasteiger partial charge < -0.3 is 14.1 Å². The van der Waals surface area contributed by atoms with Gasteiger partial charge in [-0.2, -0.15) is 0 Å². The number of oxazole rings is 1. The number of aromatic nitrogens is 1. The van der Waals surface area contributed by atoms with E-state index < -0.39 is 11.6 Å². The summed E-state index contributed by atoms with van der Waals surface area (Å²) in [5.41, 5.74) is 0.956. The maximum Gasteiger partial charge on any atom is 0.260 e. The van der Waals surface area contributed by atoms with Gasteiger partial charge in [0.05, 0.1) is 12.1 Å². The Morgan fingerprint density at radius 3 is 2.90 bits per heavy atom. The molecule has 2 heterocycles. The second-order valence-corrected chi connectivity index (χ2v) is 7.88. The Morgan fingerprint density at radius 2 is 2.10 bits per heavy atom. The quantitative estimate of drug-likeness (QED) is 0.535. The average Bonchev–Trinajstić information content (AvgIpc) is 3.23. The lowest BCUT2D eigenvalue weighted by Crippen LogP contribution is -2.41. The number of benzene rings is 2. The van der Waals surface area contributed by atoms with Gasteiger partial charge in [-0.15, -0.1) is 0 Å². The smallest absolute Gasteiger partial charge is 0.260 e. The highest BCUT2D eigenvalue weighted by atomic mass is 35.5. The monoisotopic (exact) mass is 446 g/mol. The third kappa shape index (κ3) is 5.22. The Labute approximate surface area is 183 Å². The predicted molar refractivity (Wildman–Crippen MR) is 111 cm³/mol. The molecule has 1 amide bonds. The number of ether oxygens (including phenoxy) is 1. The van der Waals surface area contributed by atoms with Gasteiger partial charge in [0.15, 0.2) is 24.1 Å².